The summed E-state index contributed by atoms with van der Waals surface area (Å²) in [6, 6.07) is 5.52. The lowest BCUT2D eigenvalue weighted by atomic mass is 10.1. The molecule has 0 bridgehead atoms. The van der Waals surface area contributed by atoms with Gasteiger partial charge in [0.15, 0.2) is 5.82 Å². The minimum atomic E-state index is 0.0116. The van der Waals surface area contributed by atoms with E-state index in [2.05, 4.69) is 15.0 Å². The first-order valence-electron chi connectivity index (χ1n) is 8.64. The van der Waals surface area contributed by atoms with Crippen molar-refractivity contribution < 1.29 is 4.79 Å². The molecule has 3 aromatic rings. The highest BCUT2D eigenvalue weighted by atomic mass is 16.2. The molecule has 7 heteroatoms. The van der Waals surface area contributed by atoms with Gasteiger partial charge in [-0.3, -0.25) is 9.78 Å². The third-order valence-electron chi connectivity index (χ3n) is 4.67. The quantitative estimate of drug-likeness (QED) is 0.725. The van der Waals surface area contributed by atoms with Gasteiger partial charge in [-0.15, -0.1) is 0 Å². The van der Waals surface area contributed by atoms with Crippen LogP contribution in [-0.4, -0.2) is 48.4 Å². The van der Waals surface area contributed by atoms with Gasteiger partial charge in [-0.25, -0.2) is 15.0 Å². The molecule has 0 saturated carbocycles. The Morgan fingerprint density at radius 3 is 2.88 bits per heavy atom. The third-order valence-corrected chi connectivity index (χ3v) is 4.67. The third kappa shape index (κ3) is 3.08. The zero-order valence-corrected chi connectivity index (χ0v) is 14.8. The molecule has 4 rings (SSSR count). The van der Waals surface area contributed by atoms with Gasteiger partial charge in [0.25, 0.3) is 5.91 Å². The molecule has 0 N–H and O–H groups in total. The Morgan fingerprint density at radius 1 is 1.27 bits per heavy atom. The van der Waals surface area contributed by atoms with Gasteiger partial charge < -0.3 is 9.47 Å². The largest absolute Gasteiger partial charge is 0.338 e. The van der Waals surface area contributed by atoms with Crippen molar-refractivity contribution in [2.75, 3.05) is 13.1 Å². The first kappa shape index (κ1) is 16.4. The van der Waals surface area contributed by atoms with E-state index in [1.807, 2.05) is 35.7 Å². The highest BCUT2D eigenvalue weighted by Gasteiger charge is 2.30. The summed E-state index contributed by atoms with van der Waals surface area (Å²) in [6.45, 7) is 3.29. The normalized spacial score (nSPS) is 16.8. The molecule has 1 aliphatic heterocycles. The van der Waals surface area contributed by atoms with Crippen molar-refractivity contribution in [3.8, 4) is 11.5 Å². The number of imidazole rings is 1. The maximum Gasteiger partial charge on any atom is 0.255 e. The van der Waals surface area contributed by atoms with Crippen LogP contribution in [0.2, 0.25) is 0 Å². The lowest BCUT2D eigenvalue weighted by molar-refractivity contribution is 0.0790. The second kappa shape index (κ2) is 6.67. The summed E-state index contributed by atoms with van der Waals surface area (Å²) in [5.41, 5.74) is 2.34. The van der Waals surface area contributed by atoms with E-state index in [0.29, 0.717) is 18.7 Å². The van der Waals surface area contributed by atoms with Gasteiger partial charge in [0.05, 0.1) is 5.56 Å². The molecule has 0 spiro atoms. The number of likely N-dealkylation sites (tertiary alicyclic amines) is 1. The zero-order valence-electron chi connectivity index (χ0n) is 14.8. The van der Waals surface area contributed by atoms with Gasteiger partial charge in [0.2, 0.25) is 0 Å². The Labute approximate surface area is 151 Å². The van der Waals surface area contributed by atoms with Crippen LogP contribution in [0, 0.1) is 6.92 Å². The first-order valence-corrected chi connectivity index (χ1v) is 8.64. The summed E-state index contributed by atoms with van der Waals surface area (Å²) >= 11 is 0. The van der Waals surface area contributed by atoms with Crippen LogP contribution >= 0.6 is 0 Å². The Bertz CT molecular complexity index is 936. The summed E-state index contributed by atoms with van der Waals surface area (Å²) in [4.78, 5) is 32.3. The molecule has 26 heavy (non-hydrogen) atoms. The molecule has 0 aliphatic carbocycles. The van der Waals surface area contributed by atoms with E-state index in [4.69, 9.17) is 4.98 Å². The standard InChI is InChI=1S/C19H20N6O/c1-13-10-16(18-21-7-9-24(18)2)23-17(22-13)15-5-8-25(12-15)19(26)14-4-3-6-20-11-14/h3-4,6-7,9-11,15H,5,8,12H2,1-2H3/t15-/m0/s1. The van der Waals surface area contributed by atoms with Crippen molar-refractivity contribution in [1.82, 2.24) is 29.4 Å². The number of pyridine rings is 1. The Kier molecular flexibility index (Phi) is 4.20. The molecule has 7 nitrogen and oxygen atoms in total. The van der Waals surface area contributed by atoms with Crippen LogP contribution in [0.1, 0.15) is 34.2 Å². The molecule has 0 radical (unpaired) electrons. The molecule has 1 amide bonds. The summed E-state index contributed by atoms with van der Waals surface area (Å²) in [5.74, 6) is 1.75. The highest BCUT2D eigenvalue weighted by Crippen LogP contribution is 2.27. The molecular formula is C19H20N6O. The fourth-order valence-corrected chi connectivity index (χ4v) is 3.33. The number of nitrogens with zero attached hydrogens (tertiary/aromatic N) is 6. The summed E-state index contributed by atoms with van der Waals surface area (Å²) in [5, 5.41) is 0. The number of carbonyl (C=O) groups excluding carboxylic acids is 1. The lowest BCUT2D eigenvalue weighted by Crippen LogP contribution is -2.28. The number of rotatable bonds is 3. The lowest BCUT2D eigenvalue weighted by Gasteiger charge is -2.16. The van der Waals surface area contributed by atoms with Crippen LogP contribution in [0.15, 0.2) is 43.0 Å². The summed E-state index contributed by atoms with van der Waals surface area (Å²) < 4.78 is 1.94. The van der Waals surface area contributed by atoms with Gasteiger partial charge in [0.1, 0.15) is 11.5 Å². The molecule has 1 atom stereocenters. The van der Waals surface area contributed by atoms with Crippen LogP contribution in [-0.2, 0) is 7.05 Å². The van der Waals surface area contributed by atoms with Crippen molar-refractivity contribution in [3.05, 3.63) is 60.1 Å². The van der Waals surface area contributed by atoms with Crippen LogP contribution in [0.3, 0.4) is 0 Å². The summed E-state index contributed by atoms with van der Waals surface area (Å²) in [7, 11) is 1.95. The minimum Gasteiger partial charge on any atom is -0.338 e. The number of aryl methyl sites for hydroxylation is 2. The van der Waals surface area contributed by atoms with E-state index < -0.39 is 0 Å². The van der Waals surface area contributed by atoms with E-state index in [-0.39, 0.29) is 11.8 Å². The molecule has 1 fully saturated rings. The fourth-order valence-electron chi connectivity index (χ4n) is 3.33. The highest BCUT2D eigenvalue weighted by molar-refractivity contribution is 5.94. The molecule has 1 saturated heterocycles. The molecule has 3 aromatic heterocycles. The summed E-state index contributed by atoms with van der Waals surface area (Å²) in [6.07, 6.45) is 7.80. The van der Waals surface area contributed by atoms with Crippen molar-refractivity contribution in [3.63, 3.8) is 0 Å². The molecule has 1 aliphatic rings. The molecule has 0 unspecified atom stereocenters. The van der Waals surface area contributed by atoms with Gasteiger partial charge >= 0.3 is 0 Å². The van der Waals surface area contributed by atoms with E-state index in [9.17, 15) is 4.79 Å². The van der Waals surface area contributed by atoms with E-state index in [1.165, 1.54) is 0 Å². The number of carbonyl (C=O) groups is 1. The minimum absolute atomic E-state index is 0.0116. The van der Waals surface area contributed by atoms with E-state index in [1.54, 1.807) is 30.7 Å². The Balaban J connectivity index is 1.57. The van der Waals surface area contributed by atoms with Gasteiger partial charge in [-0.1, -0.05) is 0 Å². The Morgan fingerprint density at radius 2 is 2.15 bits per heavy atom. The predicted molar refractivity (Wildman–Crippen MR) is 96.5 cm³/mol. The van der Waals surface area contributed by atoms with Crippen LogP contribution < -0.4 is 0 Å². The van der Waals surface area contributed by atoms with Crippen LogP contribution in [0.25, 0.3) is 11.5 Å². The maximum atomic E-state index is 12.6. The molecule has 0 aromatic carbocycles. The SMILES string of the molecule is Cc1cc(-c2nccn2C)nc([C@H]2CCN(C(=O)c3cccnc3)C2)n1. The number of hydrogen-bond donors (Lipinski definition) is 0. The average Bonchev–Trinajstić information content (AvgIpc) is 3.30. The van der Waals surface area contributed by atoms with Gasteiger partial charge in [0, 0.05) is 56.5 Å². The van der Waals surface area contributed by atoms with Gasteiger partial charge in [-0.2, -0.15) is 0 Å². The molecule has 4 heterocycles. The Hall–Kier alpha value is -3.09. The first-order chi connectivity index (χ1) is 12.6. The van der Waals surface area contributed by atoms with Crippen molar-refractivity contribution >= 4 is 5.91 Å². The van der Waals surface area contributed by atoms with Crippen LogP contribution in [0.4, 0.5) is 0 Å². The van der Waals surface area contributed by atoms with E-state index >= 15 is 0 Å². The number of amides is 1. The second-order valence-corrected chi connectivity index (χ2v) is 6.59. The van der Waals surface area contributed by atoms with Crippen molar-refractivity contribution in [1.29, 1.82) is 0 Å². The molecular weight excluding hydrogens is 328 g/mol. The zero-order chi connectivity index (χ0) is 18.1. The maximum absolute atomic E-state index is 12.6. The smallest absolute Gasteiger partial charge is 0.255 e. The number of aromatic nitrogens is 5. The van der Waals surface area contributed by atoms with Crippen LogP contribution in [0.5, 0.6) is 0 Å². The fraction of sp³-hybridized carbons (Fsp3) is 0.316. The van der Waals surface area contributed by atoms with Crippen molar-refractivity contribution in [2.45, 2.75) is 19.3 Å². The monoisotopic (exact) mass is 348 g/mol. The second-order valence-electron chi connectivity index (χ2n) is 6.59. The number of hydrogen-bond acceptors (Lipinski definition) is 5. The molecule has 132 valence electrons. The van der Waals surface area contributed by atoms with Crippen molar-refractivity contribution in [2.24, 2.45) is 7.05 Å². The average molecular weight is 348 g/mol. The predicted octanol–water partition coefficient (Wildman–Crippen LogP) is 2.21. The van der Waals surface area contributed by atoms with E-state index in [0.717, 1.165) is 29.5 Å². The topological polar surface area (TPSA) is 76.8 Å². The van der Waals surface area contributed by atoms with Gasteiger partial charge in [-0.05, 0) is 31.5 Å².